The zero-order valence-electron chi connectivity index (χ0n) is 11.8. The summed E-state index contributed by atoms with van der Waals surface area (Å²) >= 11 is 3.42. The van der Waals surface area contributed by atoms with Gasteiger partial charge in [-0.1, -0.05) is 30.3 Å². The largest absolute Gasteiger partial charge is 0.492 e. The number of hydrogen-bond donors (Lipinski definition) is 0. The van der Waals surface area contributed by atoms with E-state index in [0.717, 1.165) is 16.6 Å². The lowest BCUT2D eigenvalue weighted by Gasteiger charge is -2.09. The van der Waals surface area contributed by atoms with Crippen molar-refractivity contribution in [2.45, 2.75) is 13.3 Å². The molecule has 0 aliphatic heterocycles. The minimum absolute atomic E-state index is 0.325. The lowest BCUT2D eigenvalue weighted by molar-refractivity contribution is 0.0526. The highest BCUT2D eigenvalue weighted by molar-refractivity contribution is 9.10. The fraction of sp³-hybridized carbons (Fsp3) is 0.235. The van der Waals surface area contributed by atoms with E-state index < -0.39 is 0 Å². The first-order valence-corrected chi connectivity index (χ1v) is 7.63. The van der Waals surface area contributed by atoms with E-state index >= 15 is 0 Å². The van der Waals surface area contributed by atoms with E-state index in [1.54, 1.807) is 25.1 Å². The highest BCUT2D eigenvalue weighted by Gasteiger charge is 2.09. The molecule has 0 saturated heterocycles. The molecule has 0 N–H and O–H groups in total. The average Bonchev–Trinajstić information content (AvgIpc) is 2.50. The lowest BCUT2D eigenvalue weighted by Crippen LogP contribution is -2.06. The Morgan fingerprint density at radius 1 is 1.14 bits per heavy atom. The Morgan fingerprint density at radius 3 is 2.57 bits per heavy atom. The van der Waals surface area contributed by atoms with E-state index in [9.17, 15) is 4.79 Å². The molecule has 21 heavy (non-hydrogen) atoms. The molecule has 2 aromatic carbocycles. The molecule has 0 spiro atoms. The van der Waals surface area contributed by atoms with Gasteiger partial charge in [-0.25, -0.2) is 4.79 Å². The first-order chi connectivity index (χ1) is 10.2. The minimum Gasteiger partial charge on any atom is -0.492 e. The molecule has 4 heteroatoms. The van der Waals surface area contributed by atoms with Gasteiger partial charge >= 0.3 is 5.97 Å². The van der Waals surface area contributed by atoms with Crippen LogP contribution in [0, 0.1) is 0 Å². The smallest absolute Gasteiger partial charge is 0.338 e. The number of benzene rings is 2. The molecule has 0 fully saturated rings. The van der Waals surface area contributed by atoms with Crippen LogP contribution in [0.2, 0.25) is 0 Å². The molecule has 0 aliphatic carbocycles. The Kier molecular flexibility index (Phi) is 5.81. The van der Waals surface area contributed by atoms with Gasteiger partial charge in [0.1, 0.15) is 5.75 Å². The average molecular weight is 349 g/mol. The van der Waals surface area contributed by atoms with Crippen LogP contribution in [0.25, 0.3) is 0 Å². The van der Waals surface area contributed by atoms with Gasteiger partial charge in [-0.3, -0.25) is 0 Å². The normalized spacial score (nSPS) is 10.2. The first-order valence-electron chi connectivity index (χ1n) is 6.84. The second-order valence-corrected chi connectivity index (χ2v) is 5.30. The van der Waals surface area contributed by atoms with Gasteiger partial charge in [0.05, 0.1) is 23.2 Å². The summed E-state index contributed by atoms with van der Waals surface area (Å²) in [5.74, 6) is 0.396. The van der Waals surface area contributed by atoms with Crippen LogP contribution in [-0.2, 0) is 11.2 Å². The molecule has 2 rings (SSSR count). The number of halogens is 1. The van der Waals surface area contributed by atoms with E-state index in [2.05, 4.69) is 28.1 Å². The highest BCUT2D eigenvalue weighted by atomic mass is 79.9. The molecule has 0 atom stereocenters. The molecule has 0 amide bonds. The van der Waals surface area contributed by atoms with Gasteiger partial charge in [0, 0.05) is 6.42 Å². The molecule has 2 aromatic rings. The minimum atomic E-state index is -0.325. The Bertz CT molecular complexity index is 596. The predicted molar refractivity (Wildman–Crippen MR) is 85.7 cm³/mol. The van der Waals surface area contributed by atoms with Gasteiger partial charge < -0.3 is 9.47 Å². The Labute approximate surface area is 133 Å². The van der Waals surface area contributed by atoms with Crippen molar-refractivity contribution >= 4 is 21.9 Å². The van der Waals surface area contributed by atoms with E-state index in [4.69, 9.17) is 9.47 Å². The van der Waals surface area contributed by atoms with Crippen LogP contribution in [0.5, 0.6) is 5.75 Å². The van der Waals surface area contributed by atoms with Crippen molar-refractivity contribution in [2.75, 3.05) is 13.2 Å². The number of carbonyl (C=O) groups excluding carboxylic acids is 1. The summed E-state index contributed by atoms with van der Waals surface area (Å²) in [6, 6.07) is 15.4. The van der Waals surface area contributed by atoms with Gasteiger partial charge in [-0.05, 0) is 46.6 Å². The molecular formula is C17H17BrO3. The summed E-state index contributed by atoms with van der Waals surface area (Å²) < 4.78 is 11.4. The number of rotatable bonds is 6. The van der Waals surface area contributed by atoms with Crippen LogP contribution >= 0.6 is 15.9 Å². The molecular weight excluding hydrogens is 332 g/mol. The molecule has 0 unspecified atom stereocenters. The SMILES string of the molecule is CCOC(=O)c1ccc(OCCc2ccccc2)c(Br)c1. The van der Waals surface area contributed by atoms with E-state index in [1.165, 1.54) is 5.56 Å². The van der Waals surface area contributed by atoms with Crippen LogP contribution in [0.1, 0.15) is 22.8 Å². The molecule has 0 saturated carbocycles. The molecule has 3 nitrogen and oxygen atoms in total. The first kappa shape index (κ1) is 15.6. The number of hydrogen-bond acceptors (Lipinski definition) is 3. The van der Waals surface area contributed by atoms with Crippen LogP contribution in [0.4, 0.5) is 0 Å². The van der Waals surface area contributed by atoms with Crippen LogP contribution in [0.15, 0.2) is 53.0 Å². The third kappa shape index (κ3) is 4.60. The summed E-state index contributed by atoms with van der Waals surface area (Å²) in [6.45, 7) is 2.74. The van der Waals surface area contributed by atoms with Crippen molar-refractivity contribution in [2.24, 2.45) is 0 Å². The maximum absolute atomic E-state index is 11.6. The highest BCUT2D eigenvalue weighted by Crippen LogP contribution is 2.26. The summed E-state index contributed by atoms with van der Waals surface area (Å²) in [7, 11) is 0. The summed E-state index contributed by atoms with van der Waals surface area (Å²) in [5.41, 5.74) is 1.75. The van der Waals surface area contributed by atoms with E-state index in [0.29, 0.717) is 18.8 Å². The molecule has 110 valence electrons. The fourth-order valence-electron chi connectivity index (χ4n) is 1.88. The van der Waals surface area contributed by atoms with Crippen molar-refractivity contribution in [3.05, 3.63) is 64.1 Å². The fourth-order valence-corrected chi connectivity index (χ4v) is 2.38. The summed E-state index contributed by atoms with van der Waals surface area (Å²) in [6.07, 6.45) is 0.840. The van der Waals surface area contributed by atoms with E-state index in [-0.39, 0.29) is 5.97 Å². The predicted octanol–water partition coefficient (Wildman–Crippen LogP) is 4.25. The van der Waals surface area contributed by atoms with E-state index in [1.807, 2.05) is 18.2 Å². The maximum atomic E-state index is 11.6. The lowest BCUT2D eigenvalue weighted by atomic mass is 10.2. The van der Waals surface area contributed by atoms with Crippen LogP contribution < -0.4 is 4.74 Å². The molecule has 0 bridgehead atoms. The van der Waals surface area contributed by atoms with Gasteiger partial charge in [-0.15, -0.1) is 0 Å². The zero-order valence-corrected chi connectivity index (χ0v) is 13.4. The summed E-state index contributed by atoms with van der Waals surface area (Å²) in [5, 5.41) is 0. The van der Waals surface area contributed by atoms with Gasteiger partial charge in [0.25, 0.3) is 0 Å². The zero-order chi connectivity index (χ0) is 15.1. The van der Waals surface area contributed by atoms with Crippen molar-refractivity contribution in [3.63, 3.8) is 0 Å². The number of carbonyl (C=O) groups is 1. The Hall–Kier alpha value is -1.81. The second-order valence-electron chi connectivity index (χ2n) is 4.45. The summed E-state index contributed by atoms with van der Waals surface area (Å²) in [4.78, 5) is 11.6. The van der Waals surface area contributed by atoms with Crippen molar-refractivity contribution in [1.82, 2.24) is 0 Å². The Morgan fingerprint density at radius 2 is 1.90 bits per heavy atom. The molecule has 0 radical (unpaired) electrons. The molecule has 0 aliphatic rings. The second kappa shape index (κ2) is 7.84. The van der Waals surface area contributed by atoms with Crippen molar-refractivity contribution in [1.29, 1.82) is 0 Å². The number of esters is 1. The van der Waals surface area contributed by atoms with Crippen molar-refractivity contribution < 1.29 is 14.3 Å². The van der Waals surface area contributed by atoms with Crippen molar-refractivity contribution in [3.8, 4) is 5.75 Å². The van der Waals surface area contributed by atoms with Crippen LogP contribution in [-0.4, -0.2) is 19.2 Å². The monoisotopic (exact) mass is 348 g/mol. The third-order valence-electron chi connectivity index (χ3n) is 2.93. The van der Waals surface area contributed by atoms with Gasteiger partial charge in [0.2, 0.25) is 0 Å². The standard InChI is InChI=1S/C17H17BrO3/c1-2-20-17(19)14-8-9-16(15(18)12-14)21-11-10-13-6-4-3-5-7-13/h3-9,12H,2,10-11H2,1H3. The topological polar surface area (TPSA) is 35.5 Å². The third-order valence-corrected chi connectivity index (χ3v) is 3.55. The van der Waals surface area contributed by atoms with Gasteiger partial charge in [0.15, 0.2) is 0 Å². The molecule has 0 aromatic heterocycles. The number of ether oxygens (including phenoxy) is 2. The van der Waals surface area contributed by atoms with Gasteiger partial charge in [-0.2, -0.15) is 0 Å². The Balaban J connectivity index is 1.93. The quantitative estimate of drug-likeness (QED) is 0.732. The maximum Gasteiger partial charge on any atom is 0.338 e. The van der Waals surface area contributed by atoms with Crippen LogP contribution in [0.3, 0.4) is 0 Å². The molecule has 0 heterocycles.